The molecule has 0 radical (unpaired) electrons. The predicted molar refractivity (Wildman–Crippen MR) is 38.9 cm³/mol. The van der Waals surface area contributed by atoms with E-state index >= 15 is 0 Å². The first kappa shape index (κ1) is 12.9. The Balaban J connectivity index is 0. The molecule has 0 saturated heterocycles. The van der Waals surface area contributed by atoms with Gasteiger partial charge < -0.3 is 5.11 Å². The number of hydrogen-bond acceptors (Lipinski definition) is 1. The van der Waals surface area contributed by atoms with E-state index in [4.69, 9.17) is 5.11 Å². The zero-order chi connectivity index (χ0) is 6.41. The molecule has 3 heteroatoms. The second kappa shape index (κ2) is 9.28. The zero-order valence-corrected chi connectivity index (χ0v) is 5.18. The minimum absolute atomic E-state index is 0. The van der Waals surface area contributed by atoms with E-state index in [9.17, 15) is 4.79 Å². The number of aliphatic carboxylic acids is 1. The molecule has 0 rings (SSSR count). The Bertz CT molecular complexity index is 73.5. The molecule has 0 aliphatic rings. The van der Waals surface area contributed by atoms with E-state index in [1.165, 1.54) is 0 Å². The maximum absolute atomic E-state index is 9.87. The third kappa shape index (κ3) is 12.5. The summed E-state index contributed by atoms with van der Waals surface area (Å²) in [5, 5.41) is 8.14. The molecule has 0 atom stereocenters. The topological polar surface area (TPSA) is 37.3 Å². The van der Waals surface area contributed by atoms with Crippen molar-refractivity contribution in [2.24, 2.45) is 0 Å². The molecule has 0 aliphatic carbocycles. The van der Waals surface area contributed by atoms with Gasteiger partial charge >= 0.3 is 64.2 Å². The Hall–Kier alpha value is 1.28. The van der Waals surface area contributed by atoms with E-state index in [1.54, 1.807) is 0 Å². The number of carboxylic acid groups (broad SMARTS) is 1. The van der Waals surface area contributed by atoms with Crippen LogP contribution in [0.2, 0.25) is 0 Å². The van der Waals surface area contributed by atoms with E-state index in [-0.39, 0.29) is 58.2 Å². The molecule has 1 N–H and O–H groups in total. The molecule has 9 heavy (non-hydrogen) atoms. The zero-order valence-electron chi connectivity index (χ0n) is 5.18. The van der Waals surface area contributed by atoms with Crippen molar-refractivity contribution in [1.82, 2.24) is 0 Å². The Labute approximate surface area is 105 Å². The van der Waals surface area contributed by atoms with Gasteiger partial charge in [0.2, 0.25) is 0 Å². The number of unbranched alkanes of at least 4 members (excludes halogenated alkanes) is 2. The van der Waals surface area contributed by atoms with Gasteiger partial charge in [0, 0.05) is 6.42 Å². The Morgan fingerprint density at radius 3 is 2.33 bits per heavy atom. The second-order valence-electron chi connectivity index (χ2n) is 1.85. The van der Waals surface area contributed by atoms with Gasteiger partial charge in [-0.15, -0.1) is 0 Å². The molecule has 0 amide bonds. The third-order valence-corrected chi connectivity index (χ3v) is 0.994. The Morgan fingerprint density at radius 2 is 2.00 bits per heavy atom. The van der Waals surface area contributed by atoms with Crippen molar-refractivity contribution in [3.63, 3.8) is 0 Å². The summed E-state index contributed by atoms with van der Waals surface area (Å²) in [6.07, 6.45) is 3.28. The fourth-order valence-corrected chi connectivity index (χ4v) is 0.526. The first-order chi connectivity index (χ1) is 3.77. The van der Waals surface area contributed by atoms with Crippen LogP contribution in [0, 0.1) is 0 Å². The van der Waals surface area contributed by atoms with Crippen molar-refractivity contribution in [3.05, 3.63) is 0 Å². The van der Waals surface area contributed by atoms with Crippen LogP contribution < -0.4 is 0 Å². The number of carboxylic acids is 1. The summed E-state index contributed by atoms with van der Waals surface area (Å²) in [6, 6.07) is 0. The van der Waals surface area contributed by atoms with Gasteiger partial charge in [0.15, 0.2) is 0 Å². The fraction of sp³-hybridized carbons (Fsp3) is 0.833. The summed E-state index contributed by atoms with van der Waals surface area (Å²) in [7, 11) is 0. The first-order valence-electron chi connectivity index (χ1n) is 2.99. The summed E-state index contributed by atoms with van der Waals surface area (Å²) in [5.74, 6) is -0.682. The van der Waals surface area contributed by atoms with Crippen molar-refractivity contribution in [1.29, 1.82) is 0 Å². The average molecular weight is 203 g/mol. The van der Waals surface area contributed by atoms with Crippen LogP contribution in [0.4, 0.5) is 0 Å². The Morgan fingerprint density at radius 1 is 1.44 bits per heavy atom. The molecule has 0 unspecified atom stereocenters. The molecule has 0 aliphatic heterocycles. The molecule has 0 saturated carbocycles. The van der Waals surface area contributed by atoms with Crippen molar-refractivity contribution in [2.45, 2.75) is 32.6 Å². The van der Waals surface area contributed by atoms with E-state index in [1.807, 2.05) is 0 Å². The van der Waals surface area contributed by atoms with Gasteiger partial charge in [0.1, 0.15) is 0 Å². The summed E-state index contributed by atoms with van der Waals surface area (Å²) in [5.41, 5.74) is 0. The van der Waals surface area contributed by atoms with Crippen molar-refractivity contribution < 1.29 is 9.90 Å². The van der Waals surface area contributed by atoms with Gasteiger partial charge in [0.05, 0.1) is 0 Å². The molecule has 0 aromatic rings. The van der Waals surface area contributed by atoms with Crippen molar-refractivity contribution >= 4 is 64.2 Å². The number of carbonyl (C=O) groups is 1. The molecule has 0 aromatic heterocycles. The summed E-state index contributed by atoms with van der Waals surface area (Å²) in [4.78, 5) is 9.87. The quantitative estimate of drug-likeness (QED) is 0.691. The maximum atomic E-state index is 9.87. The number of hydrogen-bond donors (Lipinski definition) is 1. The van der Waals surface area contributed by atoms with E-state index < -0.39 is 5.97 Å². The molecular weight excluding hydrogens is 190 g/mol. The van der Waals surface area contributed by atoms with Crippen LogP contribution in [-0.2, 0) is 4.79 Å². The van der Waals surface area contributed by atoms with E-state index in [0.29, 0.717) is 6.42 Å². The van der Waals surface area contributed by atoms with Gasteiger partial charge in [0.25, 0.3) is 0 Å². The van der Waals surface area contributed by atoms with Crippen LogP contribution in [0.3, 0.4) is 0 Å². The van der Waals surface area contributed by atoms with Gasteiger partial charge in [-0.2, -0.15) is 0 Å². The molecular formula is C6H13O2Rb. The normalized spacial score (nSPS) is 8.11. The number of rotatable bonds is 4. The van der Waals surface area contributed by atoms with E-state index in [2.05, 4.69) is 6.92 Å². The van der Waals surface area contributed by atoms with Gasteiger partial charge in [-0.05, 0) is 6.42 Å². The standard InChI is InChI=1S/C6H12O2.Rb.H/c1-2-3-4-5-6(7)8;;/h2-5H2,1H3,(H,7,8);;. The van der Waals surface area contributed by atoms with Crippen molar-refractivity contribution in [2.75, 3.05) is 0 Å². The first-order valence-corrected chi connectivity index (χ1v) is 2.99. The average Bonchev–Trinajstić information content (AvgIpc) is 1.66. The van der Waals surface area contributed by atoms with Crippen LogP contribution in [0.25, 0.3) is 0 Å². The summed E-state index contributed by atoms with van der Waals surface area (Å²) < 4.78 is 0. The van der Waals surface area contributed by atoms with Gasteiger partial charge in [-0.3, -0.25) is 4.79 Å². The molecule has 0 spiro atoms. The molecule has 2 nitrogen and oxygen atoms in total. The van der Waals surface area contributed by atoms with Crippen LogP contribution >= 0.6 is 0 Å². The monoisotopic (exact) mass is 202 g/mol. The van der Waals surface area contributed by atoms with Gasteiger partial charge in [-0.25, -0.2) is 0 Å². The summed E-state index contributed by atoms with van der Waals surface area (Å²) in [6.45, 7) is 2.06. The van der Waals surface area contributed by atoms with E-state index in [0.717, 1.165) is 19.3 Å². The SMILES string of the molecule is CCCCCC(=O)O.[RbH]. The van der Waals surface area contributed by atoms with Crippen LogP contribution in [0.5, 0.6) is 0 Å². The molecule has 0 fully saturated rings. The molecule has 50 valence electrons. The van der Waals surface area contributed by atoms with Crippen LogP contribution in [0.15, 0.2) is 0 Å². The van der Waals surface area contributed by atoms with Crippen LogP contribution in [0.1, 0.15) is 32.6 Å². The minimum atomic E-state index is -0.682. The molecule has 0 bridgehead atoms. The fourth-order valence-electron chi connectivity index (χ4n) is 0.526. The molecule has 0 aromatic carbocycles. The Kier molecular flexibility index (Phi) is 13.3. The van der Waals surface area contributed by atoms with Gasteiger partial charge in [-0.1, -0.05) is 19.8 Å². The molecule has 0 heterocycles. The second-order valence-corrected chi connectivity index (χ2v) is 1.85. The summed E-state index contributed by atoms with van der Waals surface area (Å²) >= 11 is 0. The third-order valence-electron chi connectivity index (χ3n) is 0.994. The predicted octanol–water partition coefficient (Wildman–Crippen LogP) is 1.00. The van der Waals surface area contributed by atoms with Crippen molar-refractivity contribution in [3.8, 4) is 0 Å². The van der Waals surface area contributed by atoms with Crippen LogP contribution in [-0.4, -0.2) is 69.3 Å².